The van der Waals surface area contributed by atoms with Crippen LogP contribution in [0.4, 0.5) is 0 Å². The average molecular weight is 371 g/mol. The molecule has 0 spiro atoms. The number of nitrogens with zero attached hydrogens (tertiary/aromatic N) is 1. The third-order valence-corrected chi connectivity index (χ3v) is 5.52. The Hall–Kier alpha value is -3.34. The van der Waals surface area contributed by atoms with Crippen LogP contribution in [0, 0.1) is 0 Å². The maximum atomic E-state index is 3.38. The van der Waals surface area contributed by atoms with Crippen molar-refractivity contribution in [3.05, 3.63) is 71.8 Å². The van der Waals surface area contributed by atoms with Crippen LogP contribution in [0.2, 0.25) is 0 Å². The zero-order valence-electron chi connectivity index (χ0n) is 16.0. The van der Waals surface area contributed by atoms with Gasteiger partial charge in [0.05, 0.1) is 11.1 Å². The molecule has 2 aliphatic heterocycles. The van der Waals surface area contributed by atoms with Crippen molar-refractivity contribution < 1.29 is 9.98 Å². The molecule has 140 valence electrons. The van der Waals surface area contributed by atoms with Crippen molar-refractivity contribution in [3.8, 4) is 22.5 Å². The Morgan fingerprint density at radius 1 is 0.607 bits per heavy atom. The van der Waals surface area contributed by atoms with Crippen LogP contribution in [-0.4, -0.2) is 42.4 Å². The summed E-state index contributed by atoms with van der Waals surface area (Å²) < 4.78 is 2.27. The second-order valence-corrected chi connectivity index (χ2v) is 7.27. The Kier molecular flexibility index (Phi) is 4.20. The van der Waals surface area contributed by atoms with Gasteiger partial charge in [-0.25, -0.2) is 0 Å². The van der Waals surface area contributed by atoms with Crippen LogP contribution in [0.3, 0.4) is 0 Å². The van der Waals surface area contributed by atoms with Gasteiger partial charge in [-0.2, -0.15) is 0 Å². The highest BCUT2D eigenvalue weighted by molar-refractivity contribution is 5.96. The Morgan fingerprint density at radius 2 is 1.00 bits per heavy atom. The Balaban J connectivity index is 1.41. The van der Waals surface area contributed by atoms with Crippen molar-refractivity contribution in [2.45, 2.75) is 0 Å². The fourth-order valence-corrected chi connectivity index (χ4v) is 3.99. The molecule has 5 nitrogen and oxygen atoms in total. The molecule has 0 saturated heterocycles. The summed E-state index contributed by atoms with van der Waals surface area (Å²) >= 11 is 0. The molecule has 0 radical (unpaired) electrons. The Labute approximate surface area is 164 Å². The normalized spacial score (nSPS) is 15.8. The van der Waals surface area contributed by atoms with Crippen LogP contribution < -0.4 is 20.6 Å². The van der Waals surface area contributed by atoms with E-state index in [1.54, 1.807) is 0 Å². The van der Waals surface area contributed by atoms with Crippen LogP contribution in [0.5, 0.6) is 0 Å². The molecule has 3 aromatic rings. The summed E-state index contributed by atoms with van der Waals surface area (Å²) in [6.07, 6.45) is 0. The lowest BCUT2D eigenvalue weighted by molar-refractivity contribution is -0.444. The topological polar surface area (TPSA) is 56.9 Å². The number of nitrogens with one attached hydrogen (secondary N) is 4. The summed E-state index contributed by atoms with van der Waals surface area (Å²) in [6, 6.07) is 21.9. The van der Waals surface area contributed by atoms with E-state index in [2.05, 4.69) is 92.9 Å². The molecule has 3 heterocycles. The first kappa shape index (κ1) is 16.8. The summed E-state index contributed by atoms with van der Waals surface area (Å²) in [6.45, 7) is 3.95. The second-order valence-electron chi connectivity index (χ2n) is 7.27. The molecule has 0 aliphatic carbocycles. The van der Waals surface area contributed by atoms with Crippen molar-refractivity contribution in [1.29, 1.82) is 0 Å². The van der Waals surface area contributed by atoms with Crippen LogP contribution in [0.15, 0.2) is 60.7 Å². The third kappa shape index (κ3) is 2.99. The molecule has 5 rings (SSSR count). The van der Waals surface area contributed by atoms with E-state index in [4.69, 9.17) is 0 Å². The van der Waals surface area contributed by atoms with Crippen LogP contribution in [0.25, 0.3) is 22.5 Å². The molecule has 0 atom stereocenters. The SMILES string of the molecule is Cn1c(-c2ccc(C3=[NH+]CCN3)cc2)ccc1-c1ccc(C2=[NH+]CCN2)cc1. The molecule has 0 amide bonds. The van der Waals surface area contributed by atoms with Gasteiger partial charge >= 0.3 is 0 Å². The predicted octanol–water partition coefficient (Wildman–Crippen LogP) is -0.780. The zero-order valence-corrected chi connectivity index (χ0v) is 16.0. The lowest BCUT2D eigenvalue weighted by Crippen LogP contribution is -2.70. The standard InChI is InChI=1S/C23H23N5/c1-28-20(16-2-6-18(7-3-16)22-24-12-13-25-22)10-11-21(28)17-4-8-19(9-5-17)23-26-14-15-27-23/h2-11H,12-15H2,1H3,(H,24,25)(H,26,27)/p+2. The monoisotopic (exact) mass is 371 g/mol. The number of benzene rings is 2. The average Bonchev–Trinajstić information content (AvgIpc) is 3.50. The number of rotatable bonds is 4. The summed E-state index contributed by atoms with van der Waals surface area (Å²) in [5.74, 6) is 2.26. The largest absolute Gasteiger partial charge is 0.344 e. The molecule has 0 bridgehead atoms. The maximum Gasteiger partial charge on any atom is 0.275 e. The molecule has 0 saturated carbocycles. The lowest BCUT2D eigenvalue weighted by atomic mass is 10.1. The number of hydrogen-bond donors (Lipinski definition) is 4. The first-order chi connectivity index (χ1) is 13.8. The molecule has 28 heavy (non-hydrogen) atoms. The number of aromatic nitrogens is 1. The molecule has 1 aromatic heterocycles. The van der Waals surface area contributed by atoms with E-state index in [9.17, 15) is 0 Å². The first-order valence-electron chi connectivity index (χ1n) is 9.86. The summed E-state index contributed by atoms with van der Waals surface area (Å²) in [4.78, 5) is 6.77. The molecule has 5 heteroatoms. The Morgan fingerprint density at radius 3 is 1.36 bits per heavy atom. The minimum atomic E-state index is 0.989. The maximum absolute atomic E-state index is 3.38. The lowest BCUT2D eigenvalue weighted by Gasteiger charge is -2.09. The van der Waals surface area contributed by atoms with Gasteiger partial charge < -0.3 is 4.57 Å². The second kappa shape index (κ2) is 7.00. The third-order valence-electron chi connectivity index (χ3n) is 5.52. The summed E-state index contributed by atoms with van der Waals surface area (Å²) in [5, 5.41) is 6.77. The minimum Gasteiger partial charge on any atom is -0.344 e. The molecule has 2 aliphatic rings. The molecular formula is C23H25N5+2. The van der Waals surface area contributed by atoms with Crippen molar-refractivity contribution in [2.75, 3.05) is 26.2 Å². The van der Waals surface area contributed by atoms with E-state index in [-0.39, 0.29) is 0 Å². The quantitative estimate of drug-likeness (QED) is 0.486. The van der Waals surface area contributed by atoms with Gasteiger partial charge in [0.2, 0.25) is 0 Å². The molecule has 0 fully saturated rings. The fourth-order valence-electron chi connectivity index (χ4n) is 3.99. The molecule has 4 N–H and O–H groups in total. The van der Waals surface area contributed by atoms with Gasteiger partial charge in [-0.1, -0.05) is 24.3 Å². The van der Waals surface area contributed by atoms with Crippen molar-refractivity contribution in [3.63, 3.8) is 0 Å². The smallest absolute Gasteiger partial charge is 0.275 e. The fraction of sp³-hybridized carbons (Fsp3) is 0.217. The Bertz CT molecular complexity index is 970. The van der Waals surface area contributed by atoms with E-state index in [1.165, 1.54) is 33.6 Å². The highest BCUT2D eigenvalue weighted by atomic mass is 15.1. The molecule has 2 aromatic carbocycles. The van der Waals surface area contributed by atoms with E-state index in [1.807, 2.05) is 0 Å². The van der Waals surface area contributed by atoms with E-state index in [0.29, 0.717) is 0 Å². The van der Waals surface area contributed by atoms with Crippen molar-refractivity contribution in [1.82, 2.24) is 15.2 Å². The minimum absolute atomic E-state index is 0.989. The van der Waals surface area contributed by atoms with Crippen LogP contribution in [-0.2, 0) is 7.05 Å². The predicted molar refractivity (Wildman–Crippen MR) is 112 cm³/mol. The van der Waals surface area contributed by atoms with Crippen molar-refractivity contribution >= 4 is 11.7 Å². The summed E-state index contributed by atoms with van der Waals surface area (Å²) in [7, 11) is 2.14. The van der Waals surface area contributed by atoms with Gasteiger partial charge in [0.1, 0.15) is 26.2 Å². The highest BCUT2D eigenvalue weighted by Crippen LogP contribution is 2.28. The van der Waals surface area contributed by atoms with E-state index < -0.39 is 0 Å². The van der Waals surface area contributed by atoms with Gasteiger partial charge in [0, 0.05) is 18.4 Å². The van der Waals surface area contributed by atoms with E-state index in [0.717, 1.165) is 37.9 Å². The van der Waals surface area contributed by atoms with Gasteiger partial charge in [-0.15, -0.1) is 0 Å². The van der Waals surface area contributed by atoms with Gasteiger partial charge in [0.25, 0.3) is 11.7 Å². The zero-order chi connectivity index (χ0) is 18.9. The van der Waals surface area contributed by atoms with Gasteiger partial charge in [-0.05, 0) is 47.5 Å². The van der Waals surface area contributed by atoms with Crippen molar-refractivity contribution in [2.24, 2.45) is 7.05 Å². The van der Waals surface area contributed by atoms with Gasteiger partial charge in [-0.3, -0.25) is 20.6 Å². The first-order valence-corrected chi connectivity index (χ1v) is 9.86. The number of amidine groups is 2. The number of hydrogen-bond acceptors (Lipinski definition) is 2. The summed E-state index contributed by atoms with van der Waals surface area (Å²) in [5.41, 5.74) is 7.30. The molecular weight excluding hydrogens is 346 g/mol. The van der Waals surface area contributed by atoms with Crippen LogP contribution in [0.1, 0.15) is 11.1 Å². The van der Waals surface area contributed by atoms with Crippen LogP contribution >= 0.6 is 0 Å². The van der Waals surface area contributed by atoms with Gasteiger partial charge in [0.15, 0.2) is 0 Å². The van der Waals surface area contributed by atoms with E-state index >= 15 is 0 Å². The molecule has 0 unspecified atom stereocenters. The highest BCUT2D eigenvalue weighted by Gasteiger charge is 2.17.